The number of rotatable bonds is 2. The van der Waals surface area contributed by atoms with Crippen molar-refractivity contribution in [3.63, 3.8) is 0 Å². The van der Waals surface area contributed by atoms with Gasteiger partial charge in [-0.15, -0.1) is 11.8 Å². The Kier molecular flexibility index (Phi) is 2.65. The highest BCUT2D eigenvalue weighted by molar-refractivity contribution is 8.03. The standard InChI is InChI=1S/C8H14S/c1-3-7-5-6-8(4-2)9-7/h5,8H,3-4,6H2,1-2H3. The molecular weight excluding hydrogens is 128 g/mol. The topological polar surface area (TPSA) is 0 Å². The summed E-state index contributed by atoms with van der Waals surface area (Å²) in [6.45, 7) is 4.50. The van der Waals surface area contributed by atoms with Gasteiger partial charge in [0.15, 0.2) is 0 Å². The van der Waals surface area contributed by atoms with Crippen LogP contribution in [0.5, 0.6) is 0 Å². The molecule has 0 aromatic heterocycles. The van der Waals surface area contributed by atoms with Crippen molar-refractivity contribution in [1.82, 2.24) is 0 Å². The van der Waals surface area contributed by atoms with Crippen LogP contribution < -0.4 is 0 Å². The molecule has 0 nitrogen and oxygen atoms in total. The van der Waals surface area contributed by atoms with Gasteiger partial charge in [-0.2, -0.15) is 0 Å². The van der Waals surface area contributed by atoms with Crippen LogP contribution in [0.25, 0.3) is 0 Å². The summed E-state index contributed by atoms with van der Waals surface area (Å²) in [6.07, 6.45) is 6.26. The second-order valence-electron chi connectivity index (χ2n) is 2.41. The van der Waals surface area contributed by atoms with Gasteiger partial charge in [0.1, 0.15) is 0 Å². The average Bonchev–Trinajstić information content (AvgIpc) is 2.34. The average molecular weight is 142 g/mol. The molecule has 0 saturated carbocycles. The van der Waals surface area contributed by atoms with E-state index in [1.165, 1.54) is 19.3 Å². The van der Waals surface area contributed by atoms with E-state index in [0.717, 1.165) is 5.25 Å². The molecule has 0 aromatic rings. The fourth-order valence-corrected chi connectivity index (χ4v) is 2.20. The van der Waals surface area contributed by atoms with Gasteiger partial charge in [-0.3, -0.25) is 0 Å². The van der Waals surface area contributed by atoms with Crippen LogP contribution in [0.4, 0.5) is 0 Å². The second kappa shape index (κ2) is 3.31. The molecule has 0 spiro atoms. The highest BCUT2D eigenvalue weighted by Crippen LogP contribution is 2.35. The molecule has 52 valence electrons. The normalized spacial score (nSPS) is 26.4. The summed E-state index contributed by atoms with van der Waals surface area (Å²) in [6, 6.07) is 0. The van der Waals surface area contributed by atoms with Gasteiger partial charge < -0.3 is 0 Å². The van der Waals surface area contributed by atoms with Crippen LogP contribution in [0.1, 0.15) is 33.1 Å². The predicted molar refractivity (Wildman–Crippen MR) is 44.7 cm³/mol. The van der Waals surface area contributed by atoms with Gasteiger partial charge in [0, 0.05) is 5.25 Å². The van der Waals surface area contributed by atoms with Crippen molar-refractivity contribution >= 4 is 11.8 Å². The van der Waals surface area contributed by atoms with Gasteiger partial charge in [-0.25, -0.2) is 0 Å². The maximum Gasteiger partial charge on any atom is 0.0123 e. The molecule has 0 radical (unpaired) electrons. The first-order valence-corrected chi connectivity index (χ1v) is 4.60. The second-order valence-corrected chi connectivity index (χ2v) is 3.83. The molecule has 1 rings (SSSR count). The first-order valence-electron chi connectivity index (χ1n) is 3.72. The molecule has 1 aliphatic rings. The molecule has 0 saturated heterocycles. The lowest BCUT2D eigenvalue weighted by atomic mass is 10.2. The van der Waals surface area contributed by atoms with E-state index in [9.17, 15) is 0 Å². The maximum atomic E-state index is 2.39. The van der Waals surface area contributed by atoms with Crippen LogP contribution >= 0.6 is 11.8 Å². The Balaban J connectivity index is 2.31. The van der Waals surface area contributed by atoms with Crippen LogP contribution in [0.15, 0.2) is 11.0 Å². The van der Waals surface area contributed by atoms with Crippen molar-refractivity contribution in [3.05, 3.63) is 11.0 Å². The van der Waals surface area contributed by atoms with E-state index in [2.05, 4.69) is 31.7 Å². The van der Waals surface area contributed by atoms with E-state index in [-0.39, 0.29) is 0 Å². The molecule has 1 atom stereocenters. The summed E-state index contributed by atoms with van der Waals surface area (Å²) in [5.41, 5.74) is 0. The largest absolute Gasteiger partial charge is 0.127 e. The van der Waals surface area contributed by atoms with E-state index in [1.54, 1.807) is 4.91 Å². The Morgan fingerprint density at radius 1 is 1.67 bits per heavy atom. The molecule has 0 fully saturated rings. The molecule has 1 heterocycles. The Morgan fingerprint density at radius 3 is 2.78 bits per heavy atom. The number of thioether (sulfide) groups is 1. The lowest BCUT2D eigenvalue weighted by molar-refractivity contribution is 0.848. The van der Waals surface area contributed by atoms with Crippen LogP contribution in [-0.4, -0.2) is 5.25 Å². The van der Waals surface area contributed by atoms with E-state index < -0.39 is 0 Å². The first kappa shape index (κ1) is 7.20. The summed E-state index contributed by atoms with van der Waals surface area (Å²) < 4.78 is 0. The summed E-state index contributed by atoms with van der Waals surface area (Å²) in [5.74, 6) is 0. The van der Waals surface area contributed by atoms with Crippen LogP contribution in [-0.2, 0) is 0 Å². The third kappa shape index (κ3) is 1.75. The summed E-state index contributed by atoms with van der Waals surface area (Å²) in [7, 11) is 0. The summed E-state index contributed by atoms with van der Waals surface area (Å²) in [4.78, 5) is 1.60. The maximum absolute atomic E-state index is 2.39. The molecule has 0 aliphatic carbocycles. The number of hydrogen-bond acceptors (Lipinski definition) is 1. The Morgan fingerprint density at radius 2 is 2.44 bits per heavy atom. The zero-order valence-electron chi connectivity index (χ0n) is 6.18. The number of hydrogen-bond donors (Lipinski definition) is 0. The first-order chi connectivity index (χ1) is 4.36. The van der Waals surface area contributed by atoms with Crippen molar-refractivity contribution in [2.24, 2.45) is 0 Å². The smallest absolute Gasteiger partial charge is 0.0123 e. The minimum atomic E-state index is 0.903. The van der Waals surface area contributed by atoms with Crippen LogP contribution in [0, 0.1) is 0 Å². The van der Waals surface area contributed by atoms with Gasteiger partial charge in [0.2, 0.25) is 0 Å². The predicted octanol–water partition coefficient (Wildman–Crippen LogP) is 3.20. The van der Waals surface area contributed by atoms with Gasteiger partial charge in [-0.1, -0.05) is 19.9 Å². The lowest BCUT2D eigenvalue weighted by Crippen LogP contribution is -1.91. The number of allylic oxidation sites excluding steroid dienone is 2. The quantitative estimate of drug-likeness (QED) is 0.570. The third-order valence-corrected chi connectivity index (χ3v) is 3.35. The molecule has 1 heteroatoms. The highest BCUT2D eigenvalue weighted by Gasteiger charge is 2.13. The lowest BCUT2D eigenvalue weighted by Gasteiger charge is -2.03. The summed E-state index contributed by atoms with van der Waals surface area (Å²) in [5, 5.41) is 0.903. The summed E-state index contributed by atoms with van der Waals surface area (Å²) >= 11 is 2.07. The molecule has 0 aromatic carbocycles. The van der Waals surface area contributed by atoms with E-state index in [1.807, 2.05) is 0 Å². The molecule has 0 N–H and O–H groups in total. The van der Waals surface area contributed by atoms with Crippen molar-refractivity contribution in [1.29, 1.82) is 0 Å². The van der Waals surface area contributed by atoms with E-state index in [0.29, 0.717) is 0 Å². The van der Waals surface area contributed by atoms with Gasteiger partial charge >= 0.3 is 0 Å². The van der Waals surface area contributed by atoms with E-state index >= 15 is 0 Å². The Bertz CT molecular complexity index is 116. The fraction of sp³-hybridized carbons (Fsp3) is 0.750. The minimum absolute atomic E-state index is 0.903. The molecule has 0 bridgehead atoms. The van der Waals surface area contributed by atoms with Gasteiger partial charge in [0.25, 0.3) is 0 Å². The van der Waals surface area contributed by atoms with Crippen molar-refractivity contribution in [2.75, 3.05) is 0 Å². The van der Waals surface area contributed by atoms with Crippen molar-refractivity contribution in [3.8, 4) is 0 Å². The molecular formula is C8H14S. The molecule has 1 unspecified atom stereocenters. The Labute approximate surface area is 61.7 Å². The highest BCUT2D eigenvalue weighted by atomic mass is 32.2. The minimum Gasteiger partial charge on any atom is -0.127 e. The molecule has 1 aliphatic heterocycles. The van der Waals surface area contributed by atoms with Crippen LogP contribution in [0.3, 0.4) is 0 Å². The monoisotopic (exact) mass is 142 g/mol. The van der Waals surface area contributed by atoms with Crippen LogP contribution in [0.2, 0.25) is 0 Å². The third-order valence-electron chi connectivity index (χ3n) is 1.73. The van der Waals surface area contributed by atoms with Crippen molar-refractivity contribution < 1.29 is 0 Å². The van der Waals surface area contributed by atoms with E-state index in [4.69, 9.17) is 0 Å². The Hall–Kier alpha value is 0.0900. The molecule has 9 heavy (non-hydrogen) atoms. The van der Waals surface area contributed by atoms with Gasteiger partial charge in [-0.05, 0) is 24.2 Å². The zero-order valence-corrected chi connectivity index (χ0v) is 7.00. The van der Waals surface area contributed by atoms with Crippen molar-refractivity contribution in [2.45, 2.75) is 38.4 Å². The van der Waals surface area contributed by atoms with Gasteiger partial charge in [0.05, 0.1) is 0 Å². The fourth-order valence-electron chi connectivity index (χ4n) is 1.05. The SMILES string of the molecule is CCC1=CCC(CC)S1. The zero-order chi connectivity index (χ0) is 6.69. The molecule has 0 amide bonds.